The number of thiophene rings is 1. The molecule has 0 atom stereocenters. The molecule has 20 heavy (non-hydrogen) atoms. The molecule has 0 unspecified atom stereocenters. The first-order chi connectivity index (χ1) is 9.81. The molecule has 2 aromatic rings. The number of ether oxygens (including phenoxy) is 1. The molecule has 0 saturated carbocycles. The van der Waals surface area contributed by atoms with Crippen LogP contribution in [-0.2, 0) is 13.0 Å². The summed E-state index contributed by atoms with van der Waals surface area (Å²) < 4.78 is 5.72. The van der Waals surface area contributed by atoms with Crippen LogP contribution >= 0.6 is 11.3 Å². The highest BCUT2D eigenvalue weighted by atomic mass is 32.1. The van der Waals surface area contributed by atoms with Crippen molar-refractivity contribution in [3.63, 3.8) is 0 Å². The average molecular weight is 287 g/mol. The Bertz CT molecular complexity index is 593. The van der Waals surface area contributed by atoms with Crippen molar-refractivity contribution in [3.05, 3.63) is 51.7 Å². The molecule has 0 aliphatic rings. The number of hydrogen-bond acceptors (Lipinski definition) is 4. The highest BCUT2D eigenvalue weighted by Crippen LogP contribution is 2.18. The molecule has 0 bridgehead atoms. The van der Waals surface area contributed by atoms with E-state index in [2.05, 4.69) is 11.8 Å². The van der Waals surface area contributed by atoms with Gasteiger partial charge < -0.3 is 15.6 Å². The van der Waals surface area contributed by atoms with Crippen molar-refractivity contribution < 1.29 is 9.84 Å². The smallest absolute Gasteiger partial charge is 0.122 e. The lowest BCUT2D eigenvalue weighted by atomic mass is 10.1. The summed E-state index contributed by atoms with van der Waals surface area (Å²) in [6.07, 6.45) is 0.675. The Morgan fingerprint density at radius 3 is 2.75 bits per heavy atom. The predicted molar refractivity (Wildman–Crippen MR) is 81.8 cm³/mol. The maximum atomic E-state index is 8.86. The van der Waals surface area contributed by atoms with Crippen molar-refractivity contribution in [1.29, 1.82) is 0 Å². The van der Waals surface area contributed by atoms with Gasteiger partial charge in [0, 0.05) is 22.4 Å². The first-order valence-corrected chi connectivity index (χ1v) is 7.28. The van der Waals surface area contributed by atoms with Gasteiger partial charge in [0.25, 0.3) is 0 Å². The van der Waals surface area contributed by atoms with Crippen LogP contribution in [0.2, 0.25) is 0 Å². The Labute approximate surface area is 123 Å². The van der Waals surface area contributed by atoms with Crippen LogP contribution in [0.4, 0.5) is 0 Å². The molecule has 0 spiro atoms. The predicted octanol–water partition coefficient (Wildman–Crippen LogP) is 2.17. The number of rotatable bonds is 5. The van der Waals surface area contributed by atoms with Crippen LogP contribution in [0.1, 0.15) is 16.0 Å². The van der Waals surface area contributed by atoms with Crippen molar-refractivity contribution in [1.82, 2.24) is 0 Å². The fourth-order valence-electron chi connectivity index (χ4n) is 1.71. The average Bonchev–Trinajstić information content (AvgIpc) is 2.93. The number of hydrogen-bond donors (Lipinski definition) is 2. The van der Waals surface area contributed by atoms with E-state index >= 15 is 0 Å². The van der Waals surface area contributed by atoms with Gasteiger partial charge >= 0.3 is 0 Å². The largest absolute Gasteiger partial charge is 0.488 e. The normalized spacial score (nSPS) is 9.90. The fraction of sp³-hybridized carbons (Fsp3) is 0.250. The Balaban J connectivity index is 1.89. The zero-order valence-corrected chi connectivity index (χ0v) is 12.0. The van der Waals surface area contributed by atoms with Gasteiger partial charge in [-0.25, -0.2) is 0 Å². The van der Waals surface area contributed by atoms with Gasteiger partial charge in [0.2, 0.25) is 0 Å². The zero-order valence-electron chi connectivity index (χ0n) is 11.1. The number of aliphatic hydroxyl groups is 1. The highest BCUT2D eigenvalue weighted by molar-refractivity contribution is 7.10. The molecule has 4 heteroatoms. The van der Waals surface area contributed by atoms with Gasteiger partial charge in [-0.05, 0) is 30.2 Å². The number of nitrogens with two attached hydrogens (primary N) is 1. The van der Waals surface area contributed by atoms with Crippen molar-refractivity contribution >= 4 is 11.3 Å². The van der Waals surface area contributed by atoms with Gasteiger partial charge in [-0.2, -0.15) is 0 Å². The summed E-state index contributed by atoms with van der Waals surface area (Å²) in [7, 11) is 0. The molecular formula is C16H17NO2S. The quantitative estimate of drug-likeness (QED) is 0.829. The minimum Gasteiger partial charge on any atom is -0.488 e. The minimum atomic E-state index is 0.169. The molecule has 104 valence electrons. The standard InChI is InChI=1S/C16H17NO2S/c17-8-1-2-14-10-16(20-12-14)11-19-15-5-3-13(4-6-15)7-9-18/h3-6,10,12,18H,7-9,11,17H2. The van der Waals surface area contributed by atoms with E-state index in [1.54, 1.807) is 11.3 Å². The van der Waals surface area contributed by atoms with E-state index in [-0.39, 0.29) is 6.61 Å². The molecule has 0 saturated heterocycles. The monoisotopic (exact) mass is 287 g/mol. The maximum absolute atomic E-state index is 8.86. The minimum absolute atomic E-state index is 0.169. The summed E-state index contributed by atoms with van der Waals surface area (Å²) >= 11 is 1.63. The van der Waals surface area contributed by atoms with Crippen LogP contribution in [0.25, 0.3) is 0 Å². The van der Waals surface area contributed by atoms with Crippen LogP contribution in [0.5, 0.6) is 5.75 Å². The molecule has 0 amide bonds. The third kappa shape index (κ3) is 4.39. The van der Waals surface area contributed by atoms with Crippen molar-refractivity contribution in [2.75, 3.05) is 13.2 Å². The molecule has 3 N–H and O–H groups in total. The maximum Gasteiger partial charge on any atom is 0.122 e. The van der Waals surface area contributed by atoms with Crippen molar-refractivity contribution in [2.24, 2.45) is 5.73 Å². The SMILES string of the molecule is NCC#Cc1csc(COc2ccc(CCO)cc2)c1. The van der Waals surface area contributed by atoms with Gasteiger partial charge in [0.05, 0.1) is 6.54 Å². The van der Waals surface area contributed by atoms with Crippen LogP contribution in [0.3, 0.4) is 0 Å². The number of benzene rings is 1. The van der Waals surface area contributed by atoms with E-state index in [9.17, 15) is 0 Å². The summed E-state index contributed by atoms with van der Waals surface area (Å²) in [5.74, 6) is 6.66. The lowest BCUT2D eigenvalue weighted by molar-refractivity contribution is 0.298. The van der Waals surface area contributed by atoms with E-state index in [0.29, 0.717) is 19.6 Å². The summed E-state index contributed by atoms with van der Waals surface area (Å²) in [4.78, 5) is 1.13. The molecule has 0 aliphatic carbocycles. The van der Waals surface area contributed by atoms with E-state index in [1.165, 1.54) is 0 Å². The van der Waals surface area contributed by atoms with Crippen LogP contribution in [0, 0.1) is 11.8 Å². The first kappa shape index (κ1) is 14.6. The third-order valence-corrected chi connectivity index (χ3v) is 3.60. The topological polar surface area (TPSA) is 55.5 Å². The Kier molecular flexibility index (Phi) is 5.63. The van der Waals surface area contributed by atoms with Crippen LogP contribution in [0.15, 0.2) is 35.7 Å². The molecule has 1 aromatic carbocycles. The fourth-order valence-corrected chi connectivity index (χ4v) is 2.44. The molecular weight excluding hydrogens is 270 g/mol. The van der Waals surface area contributed by atoms with Crippen LogP contribution < -0.4 is 10.5 Å². The van der Waals surface area contributed by atoms with E-state index in [0.717, 1.165) is 21.8 Å². The summed E-state index contributed by atoms with van der Waals surface area (Å²) in [5.41, 5.74) is 7.43. The number of aliphatic hydroxyl groups excluding tert-OH is 1. The van der Waals surface area contributed by atoms with Crippen molar-refractivity contribution in [2.45, 2.75) is 13.0 Å². The third-order valence-electron chi connectivity index (χ3n) is 2.69. The van der Waals surface area contributed by atoms with E-state index < -0.39 is 0 Å². The molecule has 0 radical (unpaired) electrons. The lowest BCUT2D eigenvalue weighted by Gasteiger charge is -2.05. The Hall–Kier alpha value is -1.80. The van der Waals surface area contributed by atoms with Gasteiger partial charge in [0.15, 0.2) is 0 Å². The van der Waals surface area contributed by atoms with Gasteiger partial charge in [-0.15, -0.1) is 11.3 Å². The summed E-state index contributed by atoms with van der Waals surface area (Å²) in [6, 6.07) is 9.81. The first-order valence-electron chi connectivity index (χ1n) is 6.41. The van der Waals surface area contributed by atoms with Gasteiger partial charge in [-0.1, -0.05) is 24.0 Å². The van der Waals surface area contributed by atoms with E-state index in [1.807, 2.05) is 35.7 Å². The van der Waals surface area contributed by atoms with Crippen LogP contribution in [-0.4, -0.2) is 18.3 Å². The molecule has 0 aliphatic heterocycles. The van der Waals surface area contributed by atoms with Gasteiger partial charge in [-0.3, -0.25) is 0 Å². The van der Waals surface area contributed by atoms with E-state index in [4.69, 9.17) is 15.6 Å². The molecule has 3 nitrogen and oxygen atoms in total. The lowest BCUT2D eigenvalue weighted by Crippen LogP contribution is -1.94. The highest BCUT2D eigenvalue weighted by Gasteiger charge is 2.00. The van der Waals surface area contributed by atoms with Gasteiger partial charge in [0.1, 0.15) is 12.4 Å². The molecule has 1 aromatic heterocycles. The Morgan fingerprint density at radius 1 is 1.25 bits per heavy atom. The Morgan fingerprint density at radius 2 is 2.05 bits per heavy atom. The second-order valence-corrected chi connectivity index (χ2v) is 5.21. The molecule has 1 heterocycles. The zero-order chi connectivity index (χ0) is 14.2. The molecule has 0 fully saturated rings. The summed E-state index contributed by atoms with van der Waals surface area (Å²) in [6.45, 7) is 1.08. The second-order valence-electron chi connectivity index (χ2n) is 4.21. The summed E-state index contributed by atoms with van der Waals surface area (Å²) in [5, 5.41) is 10.9. The molecule has 2 rings (SSSR count). The second kappa shape index (κ2) is 7.71. The van der Waals surface area contributed by atoms with Crippen molar-refractivity contribution in [3.8, 4) is 17.6 Å².